The molecule has 0 saturated heterocycles. The topological polar surface area (TPSA) is 56.1 Å². The van der Waals surface area contributed by atoms with Gasteiger partial charge < -0.3 is 5.11 Å². The van der Waals surface area contributed by atoms with Crippen LogP contribution < -0.4 is 4.90 Å². The highest BCUT2D eigenvalue weighted by molar-refractivity contribution is 6.68. The first-order valence-electron chi connectivity index (χ1n) is 4.64. The van der Waals surface area contributed by atoms with Gasteiger partial charge in [-0.1, -0.05) is 12.1 Å². The summed E-state index contributed by atoms with van der Waals surface area (Å²) in [6.45, 7) is 0. The number of carbonyl (C=O) groups excluding carboxylic acids is 1. The Bertz CT molecular complexity index is 449. The predicted molar refractivity (Wildman–Crippen MR) is 61.5 cm³/mol. The fourth-order valence-electron chi connectivity index (χ4n) is 1.57. The van der Waals surface area contributed by atoms with E-state index in [2.05, 4.69) is 5.10 Å². The number of nitrogens with zero attached hydrogens (tertiary/aromatic N) is 3. The van der Waals surface area contributed by atoms with E-state index >= 15 is 0 Å². The fourth-order valence-corrected chi connectivity index (χ4v) is 1.88. The van der Waals surface area contributed by atoms with Gasteiger partial charge in [-0.2, -0.15) is 0 Å². The molecule has 1 atom stereocenters. The molecule has 2 rings (SSSR count). The van der Waals surface area contributed by atoms with Crippen molar-refractivity contribution in [2.75, 3.05) is 11.9 Å². The molecule has 0 aliphatic carbocycles. The monoisotopic (exact) mass is 239 g/mol. The molecule has 1 unspecified atom stereocenters. The van der Waals surface area contributed by atoms with Crippen LogP contribution in [-0.2, 0) is 4.79 Å². The first-order valence-corrected chi connectivity index (χ1v) is 5.02. The lowest BCUT2D eigenvalue weighted by atomic mass is 10.2. The number of phenolic OH excluding ortho intramolecular Hbond substituents is 1. The third-order valence-electron chi connectivity index (χ3n) is 2.35. The number of hydrogen-bond acceptors (Lipinski definition) is 5. The summed E-state index contributed by atoms with van der Waals surface area (Å²) in [4.78, 5) is 12.4. The molecule has 5 nitrogen and oxygen atoms in total. The average Bonchev–Trinajstić information content (AvgIpc) is 2.54. The molecule has 1 aromatic carbocycles. The lowest BCUT2D eigenvalue weighted by Gasteiger charge is -2.24. The number of phenols is 1. The van der Waals surface area contributed by atoms with Gasteiger partial charge in [-0.05, 0) is 23.7 Å². The minimum atomic E-state index is -0.624. The summed E-state index contributed by atoms with van der Waals surface area (Å²) in [5, 5.41) is 15.2. The largest absolute Gasteiger partial charge is 0.506 e. The molecule has 1 aliphatic rings. The van der Waals surface area contributed by atoms with Gasteiger partial charge in [0.05, 0.1) is 5.69 Å². The minimum Gasteiger partial charge on any atom is -0.506 e. The third-order valence-corrected chi connectivity index (χ3v) is 2.61. The normalized spacial score (nSPS) is 19.9. The van der Waals surface area contributed by atoms with Crippen LogP contribution >= 0.6 is 11.6 Å². The van der Waals surface area contributed by atoms with Gasteiger partial charge in [0.25, 0.3) is 0 Å². The Kier molecular flexibility index (Phi) is 2.70. The van der Waals surface area contributed by atoms with Crippen LogP contribution in [0.2, 0.25) is 0 Å². The molecule has 84 valence electrons. The van der Waals surface area contributed by atoms with Crippen molar-refractivity contribution in [3.8, 4) is 5.75 Å². The zero-order chi connectivity index (χ0) is 11.7. The summed E-state index contributed by atoms with van der Waals surface area (Å²) < 4.78 is 0. The number of aldehydes is 1. The highest BCUT2D eigenvalue weighted by atomic mass is 35.5. The van der Waals surface area contributed by atoms with E-state index in [9.17, 15) is 9.90 Å². The number of hydrazone groups is 1. The number of halogens is 1. The van der Waals surface area contributed by atoms with Crippen molar-refractivity contribution in [2.24, 2.45) is 5.10 Å². The van der Waals surface area contributed by atoms with Crippen LogP contribution in [-0.4, -0.2) is 34.9 Å². The van der Waals surface area contributed by atoms with Crippen LogP contribution in [0.5, 0.6) is 5.75 Å². The van der Waals surface area contributed by atoms with Crippen molar-refractivity contribution < 1.29 is 9.90 Å². The highest BCUT2D eigenvalue weighted by Gasteiger charge is 2.33. The second-order valence-electron chi connectivity index (χ2n) is 3.35. The Hall–Kier alpha value is -1.75. The zero-order valence-corrected chi connectivity index (χ0v) is 9.30. The Morgan fingerprint density at radius 1 is 1.50 bits per heavy atom. The first-order chi connectivity index (χ1) is 7.65. The molecule has 0 saturated carbocycles. The highest BCUT2D eigenvalue weighted by Crippen LogP contribution is 2.32. The van der Waals surface area contributed by atoms with E-state index in [0.717, 1.165) is 0 Å². The van der Waals surface area contributed by atoms with Crippen molar-refractivity contribution in [1.82, 2.24) is 5.01 Å². The number of hydrogen-bond donors (Lipinski definition) is 1. The molecule has 6 heteroatoms. The Balaban J connectivity index is 2.44. The van der Waals surface area contributed by atoms with Gasteiger partial charge in [-0.3, -0.25) is 14.7 Å². The molecular formula is C10H10ClN3O2. The van der Waals surface area contributed by atoms with Crippen molar-refractivity contribution in [3.63, 3.8) is 0 Å². The van der Waals surface area contributed by atoms with Gasteiger partial charge in [-0.25, -0.2) is 0 Å². The number of aromatic hydroxyl groups is 1. The number of amidine groups is 1. The molecule has 0 radical (unpaired) electrons. The minimum absolute atomic E-state index is 0.0537. The number of carbonyl (C=O) groups is 1. The number of rotatable bonds is 2. The summed E-state index contributed by atoms with van der Waals surface area (Å²) in [6, 6.07) is 6.64. The predicted octanol–water partition coefficient (Wildman–Crippen LogP) is 1.18. The number of benzene rings is 1. The zero-order valence-electron chi connectivity index (χ0n) is 8.54. The molecule has 16 heavy (non-hydrogen) atoms. The molecule has 1 N–H and O–H groups in total. The quantitative estimate of drug-likeness (QED) is 0.622. The second-order valence-corrected chi connectivity index (χ2v) is 3.69. The summed E-state index contributed by atoms with van der Waals surface area (Å²) in [5.74, 6) is 0.0537. The van der Waals surface area contributed by atoms with Crippen molar-refractivity contribution in [1.29, 1.82) is 0 Å². The van der Waals surface area contributed by atoms with E-state index in [1.54, 1.807) is 25.2 Å². The van der Waals surface area contributed by atoms with Gasteiger partial charge >= 0.3 is 0 Å². The third kappa shape index (κ3) is 1.59. The summed E-state index contributed by atoms with van der Waals surface area (Å²) in [6.07, 6.45) is 0.0894. The van der Waals surface area contributed by atoms with E-state index in [4.69, 9.17) is 11.6 Å². The van der Waals surface area contributed by atoms with Crippen molar-refractivity contribution in [3.05, 3.63) is 24.3 Å². The molecule has 1 aliphatic heterocycles. The van der Waals surface area contributed by atoms with Crippen molar-refractivity contribution in [2.45, 2.75) is 6.17 Å². The molecular weight excluding hydrogens is 230 g/mol. The van der Waals surface area contributed by atoms with Crippen LogP contribution in [0.15, 0.2) is 29.4 Å². The molecule has 0 amide bonds. The maximum Gasteiger partial charge on any atom is 0.223 e. The summed E-state index contributed by atoms with van der Waals surface area (Å²) >= 11 is 5.92. The van der Waals surface area contributed by atoms with Gasteiger partial charge in [0, 0.05) is 7.05 Å². The van der Waals surface area contributed by atoms with Crippen LogP contribution in [0, 0.1) is 0 Å². The maximum atomic E-state index is 11.0. The number of anilines is 1. The van der Waals surface area contributed by atoms with Crippen LogP contribution in [0.1, 0.15) is 0 Å². The number of para-hydroxylation sites is 2. The van der Waals surface area contributed by atoms with Gasteiger partial charge in [0.15, 0.2) is 12.5 Å². The van der Waals surface area contributed by atoms with E-state index in [0.29, 0.717) is 12.0 Å². The van der Waals surface area contributed by atoms with Crippen LogP contribution in [0.4, 0.5) is 5.69 Å². The number of likely N-dealkylation sites (N-methyl/N-ethyl adjacent to an activating group) is 1. The van der Waals surface area contributed by atoms with Crippen molar-refractivity contribution >= 4 is 28.9 Å². The molecule has 0 spiro atoms. The van der Waals surface area contributed by atoms with E-state index < -0.39 is 6.17 Å². The molecule has 0 aromatic heterocycles. The average molecular weight is 240 g/mol. The SMILES string of the molecule is CN1N=C(Cl)N(c2ccccc2O)C1C=O. The van der Waals surface area contributed by atoms with E-state index in [1.165, 1.54) is 16.0 Å². The Morgan fingerprint density at radius 2 is 2.19 bits per heavy atom. The van der Waals surface area contributed by atoms with Gasteiger partial charge in [0.2, 0.25) is 5.29 Å². The Morgan fingerprint density at radius 3 is 2.81 bits per heavy atom. The summed E-state index contributed by atoms with van der Waals surface area (Å²) in [7, 11) is 1.64. The molecule has 0 bridgehead atoms. The lowest BCUT2D eigenvalue weighted by molar-refractivity contribution is -0.111. The van der Waals surface area contributed by atoms with Crippen LogP contribution in [0.3, 0.4) is 0 Å². The standard InChI is InChI=1S/C10H10ClN3O2/c1-13-9(6-15)14(10(11)12-13)7-4-2-3-5-8(7)16/h2-6,9,16H,1H3. The van der Waals surface area contributed by atoms with E-state index in [1.807, 2.05) is 0 Å². The smallest absolute Gasteiger partial charge is 0.223 e. The first kappa shape index (κ1) is 10.8. The maximum absolute atomic E-state index is 11.0. The fraction of sp³-hybridized carbons (Fsp3) is 0.200. The molecule has 1 heterocycles. The van der Waals surface area contributed by atoms with Gasteiger partial charge in [-0.15, -0.1) is 5.10 Å². The van der Waals surface area contributed by atoms with Gasteiger partial charge in [0.1, 0.15) is 5.75 Å². The molecule has 0 fully saturated rings. The van der Waals surface area contributed by atoms with Crippen LogP contribution in [0.25, 0.3) is 0 Å². The second kappa shape index (κ2) is 4.02. The lowest BCUT2D eigenvalue weighted by Crippen LogP contribution is -2.41. The Labute approximate surface area is 97.5 Å². The molecule has 1 aromatic rings. The van der Waals surface area contributed by atoms with E-state index in [-0.39, 0.29) is 11.0 Å². The summed E-state index contributed by atoms with van der Waals surface area (Å²) in [5.41, 5.74) is 0.456.